The minimum absolute atomic E-state index is 0.0516. The summed E-state index contributed by atoms with van der Waals surface area (Å²) >= 11 is 4.55. The molecule has 115 heavy (non-hydrogen) atoms. The number of hydrogen-bond acceptors (Lipinski definition) is 27. The van der Waals surface area contributed by atoms with Crippen LogP contribution in [0.4, 0.5) is 16.4 Å². The average Bonchev–Trinajstić information content (AvgIpc) is 1.66. The summed E-state index contributed by atoms with van der Waals surface area (Å²) in [5.41, 5.74) is 11.4. The zero-order valence-corrected chi connectivity index (χ0v) is 73.5. The number of halogens is 1. The van der Waals surface area contributed by atoms with E-state index in [1.807, 2.05) is 65.2 Å². The number of aliphatic hydroxyl groups is 1. The Balaban J connectivity index is 0.000000167. The maximum absolute atomic E-state index is 12.3. The van der Waals surface area contributed by atoms with Crippen molar-refractivity contribution in [3.63, 3.8) is 0 Å². The molecule has 0 aliphatic carbocycles. The minimum atomic E-state index is -1.44. The molecular formula is C75H110ClMnN21O14Si3. The molecule has 14 rings (SSSR count). The van der Waals surface area contributed by atoms with Crippen LogP contribution in [0, 0.1) is 0 Å². The number of nitrogens with one attached hydrogen (secondary N) is 5. The summed E-state index contributed by atoms with van der Waals surface area (Å²) in [7, 11) is -3.22. The van der Waals surface area contributed by atoms with Crippen molar-refractivity contribution in [1.82, 2.24) is 94.6 Å². The summed E-state index contributed by atoms with van der Waals surface area (Å²) in [6.07, 6.45) is 13.4. The molecule has 0 aromatic carbocycles. The number of H-pyrrole nitrogens is 4. The molecule has 0 unspecified atom stereocenters. The van der Waals surface area contributed by atoms with Crippen LogP contribution in [0.5, 0.6) is 0 Å². The number of nitrogens with zero attached hydrogens (tertiary/aromatic N) is 16. The Morgan fingerprint density at radius 1 is 0.513 bits per heavy atom. The number of aromatic amines is 4. The van der Waals surface area contributed by atoms with Gasteiger partial charge in [0.1, 0.15) is 78.5 Å². The van der Waals surface area contributed by atoms with E-state index in [1.54, 1.807) is 38.3 Å². The Morgan fingerprint density at radius 2 is 0.896 bits per heavy atom. The van der Waals surface area contributed by atoms with Crippen LogP contribution in [0.15, 0.2) is 55.8 Å². The van der Waals surface area contributed by atoms with Gasteiger partial charge in [0.25, 0.3) is 0 Å². The Labute approximate surface area is 682 Å². The fourth-order valence-corrected chi connectivity index (χ4v) is 15.1. The van der Waals surface area contributed by atoms with Crippen LogP contribution in [-0.4, -0.2) is 214 Å². The number of ether oxygens (including phenoxy) is 7. The summed E-state index contributed by atoms with van der Waals surface area (Å²) in [4.78, 5) is 79.9. The monoisotopic (exact) mass is 1700 g/mol. The number of aromatic nitrogens is 17. The van der Waals surface area contributed by atoms with E-state index in [4.69, 9.17) is 52.4 Å². The van der Waals surface area contributed by atoms with Gasteiger partial charge in [0.15, 0.2) is 17.1 Å². The number of fused-ring (bicyclic) bond motifs is 7. The van der Waals surface area contributed by atoms with Gasteiger partial charge in [-0.05, 0) is 77.9 Å². The molecule has 0 spiro atoms. The first-order valence-corrected chi connectivity index (χ1v) is 51.0. The molecule has 0 fully saturated rings. The molecule has 4 aliphatic rings. The first kappa shape index (κ1) is 89.8. The van der Waals surface area contributed by atoms with Crippen LogP contribution in [0.25, 0.3) is 33.1 Å². The van der Waals surface area contributed by atoms with E-state index < -0.39 is 56.6 Å². The zero-order valence-electron chi connectivity index (χ0n) is 68.5. The SMILES string of the molecule is CCOC(=O)c1n[nH]c2c1CN(C(=O)OC(C)(C)C)CC2.CCOC(=O)c1n[nH]c2c1CN(c1ncnc3c1ccn3COCC[Si](C)(C)C)CC2.CCOC(=O)c1n[nH]c2c1CNCC2.C[Si](C)(C)CCOCn1ccc2c(Cl)ncnc21.C[Si](C)(C)CCOCn1ccc2c(N3CCc4[nH]nc(CO)c4C3)ncnc21.[O]=[Mn]=[O]. The van der Waals surface area contributed by atoms with Crippen molar-refractivity contribution in [1.29, 1.82) is 0 Å². The number of aliphatic hydroxyl groups excluding tert-OH is 1. The standard InChI is InChI=1S/C21H30N6O3Si.C19H28N6O2Si.C14H21N3O4.C12H18ClN3OSi.C9H13N3O2.Mn.2O/c1-5-30-21(28)18-16-12-26(9-7-17(16)24-25-18)19-15-6-8-27(20(15)23-13-22-19)14-29-10-11-31(2,3)4;1-28(2,3)9-8-27-13-25-6-4-14-18(20-12-21-19(14)25)24-7-5-16-15(10-24)17(11-26)23-22-16;1-5-20-12(18)11-9-8-17(7-6-10(9)15-16-11)13(19)21-14(2,3)4;1-18(2,3)7-6-17-9-16-5-4-10-11(13)14-8-15-12(10)16;1-2-14-9(13)8-6-5-10-4-3-7(6)11-12-8;;;/h6,8,13H,5,7,9-12,14H2,1-4H3,(H,24,25);4,6,12,26H,5,7-11,13H2,1-3H3,(H,22,23);5-8H2,1-4H3,(H,15,16);4-5,8H,6-7,9H2,1-3H3;10H,2-5H2,1H3,(H,11,12);;;. The molecule has 0 bridgehead atoms. The van der Waals surface area contributed by atoms with Crippen molar-refractivity contribution in [2.75, 3.05) is 75.6 Å². The second-order valence-corrected chi connectivity index (χ2v) is 49.6. The summed E-state index contributed by atoms with van der Waals surface area (Å²) in [6.45, 7) is 42.0. The van der Waals surface area contributed by atoms with Gasteiger partial charge in [-0.15, -0.1) is 0 Å². The number of anilines is 2. The molecule has 6 N–H and O–H groups in total. The Hall–Kier alpha value is -9.16. The van der Waals surface area contributed by atoms with Gasteiger partial charge < -0.3 is 72.0 Å². The van der Waals surface area contributed by atoms with Crippen molar-refractivity contribution in [2.45, 2.75) is 203 Å². The number of carbonyl (C=O) groups excluding carboxylic acids is 4. The van der Waals surface area contributed by atoms with Gasteiger partial charge in [-0.25, -0.2) is 49.1 Å². The number of hydrogen-bond donors (Lipinski definition) is 6. The maximum atomic E-state index is 12.3. The molecule has 14 heterocycles. The molecular weight excluding hydrogens is 1590 g/mol. The van der Waals surface area contributed by atoms with Crippen molar-refractivity contribution in [3.05, 3.63) is 129 Å². The second-order valence-electron chi connectivity index (χ2n) is 32.2. The molecule has 0 saturated heterocycles. The molecule has 4 aliphatic heterocycles. The first-order chi connectivity index (χ1) is 54.9. The van der Waals surface area contributed by atoms with Crippen molar-refractivity contribution >= 4 is 105 Å². The molecule has 10 aromatic heterocycles. The zero-order chi connectivity index (χ0) is 83.2. The third-order valence-corrected chi connectivity index (χ3v) is 24.2. The van der Waals surface area contributed by atoms with E-state index in [2.05, 4.69) is 151 Å². The van der Waals surface area contributed by atoms with Crippen LogP contribution in [-0.2, 0) is 134 Å². The topological polar surface area (TPSA) is 416 Å². The number of amides is 1. The quantitative estimate of drug-likeness (QED) is 0.0108. The normalized spacial score (nSPS) is 13.9. The van der Waals surface area contributed by atoms with E-state index in [-0.39, 0.29) is 31.0 Å². The van der Waals surface area contributed by atoms with Crippen molar-refractivity contribution in [2.24, 2.45) is 0 Å². The van der Waals surface area contributed by atoms with Gasteiger partial charge in [0, 0.05) is 179 Å². The van der Waals surface area contributed by atoms with Crippen molar-refractivity contribution in [3.8, 4) is 0 Å². The van der Waals surface area contributed by atoms with E-state index in [0.29, 0.717) is 94.7 Å². The Kier molecular flexibility index (Phi) is 32.5. The molecule has 1 amide bonds. The van der Waals surface area contributed by atoms with Gasteiger partial charge in [-0.1, -0.05) is 70.5 Å². The number of esters is 3. The number of rotatable bonds is 24. The van der Waals surface area contributed by atoms with E-state index in [0.717, 1.165) is 161 Å². The first-order valence-electron chi connectivity index (χ1n) is 38.6. The van der Waals surface area contributed by atoms with Gasteiger partial charge in [-0.3, -0.25) is 20.4 Å². The third kappa shape index (κ3) is 25.2. The Morgan fingerprint density at radius 3 is 1.33 bits per heavy atom. The molecule has 0 saturated carbocycles. The fraction of sp³-hybridized carbons (Fsp3) is 0.547. The van der Waals surface area contributed by atoms with Crippen molar-refractivity contribution < 1.29 is 79.9 Å². The molecule has 40 heteroatoms. The number of carbonyl (C=O) groups is 4. The van der Waals surface area contributed by atoms with Crippen LogP contribution >= 0.6 is 11.6 Å². The summed E-state index contributed by atoms with van der Waals surface area (Å²) in [5.74, 6) is 0.570. The van der Waals surface area contributed by atoms with Crippen LogP contribution in [0.2, 0.25) is 82.2 Å². The summed E-state index contributed by atoms with van der Waals surface area (Å²) in [6, 6.07) is 9.46. The van der Waals surface area contributed by atoms with Crippen LogP contribution in [0.1, 0.15) is 124 Å². The summed E-state index contributed by atoms with van der Waals surface area (Å²) in [5, 5.41) is 44.2. The molecule has 625 valence electrons. The van der Waals surface area contributed by atoms with Gasteiger partial charge in [0.05, 0.1) is 54.8 Å². The Bertz CT molecular complexity index is 4900. The average molecular weight is 1700 g/mol. The predicted molar refractivity (Wildman–Crippen MR) is 435 cm³/mol. The molecule has 35 nitrogen and oxygen atoms in total. The molecule has 0 atom stereocenters. The molecule has 0 radical (unpaired) electrons. The van der Waals surface area contributed by atoms with Crippen LogP contribution < -0.4 is 15.1 Å². The molecule has 10 aromatic rings. The van der Waals surface area contributed by atoms with Gasteiger partial charge >= 0.3 is 46.5 Å². The van der Waals surface area contributed by atoms with Crippen LogP contribution in [0.3, 0.4) is 0 Å². The van der Waals surface area contributed by atoms with E-state index in [1.165, 1.54) is 12.4 Å². The van der Waals surface area contributed by atoms with Gasteiger partial charge in [-0.2, -0.15) is 20.4 Å². The fourth-order valence-electron chi connectivity index (χ4n) is 12.6. The third-order valence-electron chi connectivity index (χ3n) is 18.8. The van der Waals surface area contributed by atoms with Gasteiger partial charge in [0.2, 0.25) is 0 Å². The summed E-state index contributed by atoms with van der Waals surface area (Å²) < 4.78 is 60.7. The second kappa shape index (κ2) is 41.6. The predicted octanol–water partition coefficient (Wildman–Crippen LogP) is 11.0. The van der Waals surface area contributed by atoms with E-state index in [9.17, 15) is 24.3 Å². The van der Waals surface area contributed by atoms with E-state index >= 15 is 0 Å².